The molecule has 0 aliphatic heterocycles. The number of nitrogens with one attached hydrogen (secondary N) is 1. The van der Waals surface area contributed by atoms with E-state index in [-0.39, 0.29) is 11.4 Å². The van der Waals surface area contributed by atoms with Crippen molar-refractivity contribution in [3.05, 3.63) is 41.7 Å². The van der Waals surface area contributed by atoms with Gasteiger partial charge >= 0.3 is 6.18 Å². The maximum Gasteiger partial charge on any atom is 0.419 e. The molecule has 0 unspecified atom stereocenters. The summed E-state index contributed by atoms with van der Waals surface area (Å²) >= 11 is 0. The van der Waals surface area contributed by atoms with Crippen LogP contribution >= 0.6 is 0 Å². The average molecular weight is 340 g/mol. The first-order chi connectivity index (χ1) is 11.3. The van der Waals surface area contributed by atoms with Crippen molar-refractivity contribution in [2.45, 2.75) is 6.18 Å². The average Bonchev–Trinajstić information content (AvgIpc) is 2.98. The van der Waals surface area contributed by atoms with Gasteiger partial charge in [-0.3, -0.25) is 0 Å². The normalized spacial score (nSPS) is 11.8. The van der Waals surface area contributed by atoms with Crippen LogP contribution in [0, 0.1) is 5.82 Å². The highest BCUT2D eigenvalue weighted by Crippen LogP contribution is 2.36. The van der Waals surface area contributed by atoms with Gasteiger partial charge in [0.05, 0.1) is 19.8 Å². The number of fused-ring (bicyclic) bond motifs is 1. The molecule has 1 N–H and O–H groups in total. The molecule has 1 heterocycles. The lowest BCUT2D eigenvalue weighted by Crippen LogP contribution is -2.08. The molecule has 126 valence electrons. The smallest absolute Gasteiger partial charge is 0.419 e. The van der Waals surface area contributed by atoms with Crippen molar-refractivity contribution in [1.29, 1.82) is 0 Å². The zero-order chi connectivity index (χ0) is 17.5. The zero-order valence-electron chi connectivity index (χ0n) is 12.7. The molecule has 24 heavy (non-hydrogen) atoms. The number of aromatic nitrogens is 2. The van der Waals surface area contributed by atoms with Crippen LogP contribution in [0.2, 0.25) is 0 Å². The van der Waals surface area contributed by atoms with E-state index in [0.29, 0.717) is 28.6 Å². The largest absolute Gasteiger partial charge is 0.494 e. The fourth-order valence-corrected chi connectivity index (χ4v) is 2.40. The number of nitrogens with zero attached hydrogens (tertiary/aromatic N) is 1. The van der Waals surface area contributed by atoms with E-state index in [1.807, 2.05) is 0 Å². The van der Waals surface area contributed by atoms with Crippen LogP contribution in [0.15, 0.2) is 30.3 Å². The summed E-state index contributed by atoms with van der Waals surface area (Å²) < 4.78 is 62.5. The number of methoxy groups -OCH3 is 2. The van der Waals surface area contributed by atoms with E-state index in [4.69, 9.17) is 9.47 Å². The molecular weight excluding hydrogens is 328 g/mol. The van der Waals surface area contributed by atoms with Gasteiger partial charge in [0.15, 0.2) is 0 Å². The number of H-pyrrole nitrogens is 1. The van der Waals surface area contributed by atoms with Gasteiger partial charge in [-0.05, 0) is 30.3 Å². The molecule has 3 aromatic rings. The van der Waals surface area contributed by atoms with Crippen molar-refractivity contribution in [3.8, 4) is 22.9 Å². The molecule has 0 saturated heterocycles. The number of benzene rings is 2. The highest BCUT2D eigenvalue weighted by atomic mass is 19.4. The lowest BCUT2D eigenvalue weighted by molar-refractivity contribution is -0.139. The molecule has 0 atom stereocenters. The van der Waals surface area contributed by atoms with Gasteiger partial charge in [-0.15, -0.1) is 0 Å². The molecule has 0 aliphatic carbocycles. The lowest BCUT2D eigenvalue weighted by atomic mass is 10.1. The fourth-order valence-electron chi connectivity index (χ4n) is 2.40. The van der Waals surface area contributed by atoms with E-state index in [1.54, 1.807) is 12.1 Å². The second-order valence-electron chi connectivity index (χ2n) is 4.97. The molecular formula is C16H12F4N2O2. The Balaban J connectivity index is 2.20. The van der Waals surface area contributed by atoms with Crippen LogP contribution in [0.1, 0.15) is 5.56 Å². The number of rotatable bonds is 3. The van der Waals surface area contributed by atoms with Crippen LogP contribution in [0.4, 0.5) is 17.6 Å². The Bertz CT molecular complexity index is 862. The van der Waals surface area contributed by atoms with E-state index >= 15 is 0 Å². The van der Waals surface area contributed by atoms with Crippen molar-refractivity contribution < 1.29 is 27.0 Å². The first-order valence-corrected chi connectivity index (χ1v) is 6.83. The van der Waals surface area contributed by atoms with Gasteiger partial charge in [0, 0.05) is 5.56 Å². The maximum absolute atomic E-state index is 13.4. The number of halogens is 4. The van der Waals surface area contributed by atoms with Crippen LogP contribution in [0.3, 0.4) is 0 Å². The Morgan fingerprint density at radius 3 is 2.29 bits per heavy atom. The minimum atomic E-state index is -4.79. The highest BCUT2D eigenvalue weighted by molar-refractivity contribution is 5.89. The molecule has 4 nitrogen and oxygen atoms in total. The molecule has 0 radical (unpaired) electrons. The Morgan fingerprint density at radius 2 is 1.67 bits per heavy atom. The van der Waals surface area contributed by atoms with Gasteiger partial charge in [0.1, 0.15) is 34.2 Å². The molecule has 1 aromatic heterocycles. The summed E-state index contributed by atoms with van der Waals surface area (Å²) in [6.07, 6.45) is -4.79. The van der Waals surface area contributed by atoms with Crippen LogP contribution in [0.25, 0.3) is 22.4 Å². The highest BCUT2D eigenvalue weighted by Gasteiger charge is 2.34. The summed E-state index contributed by atoms with van der Waals surface area (Å²) in [6, 6.07) is 5.99. The molecule has 0 amide bonds. The van der Waals surface area contributed by atoms with Gasteiger partial charge in [0.2, 0.25) is 0 Å². The van der Waals surface area contributed by atoms with Crippen molar-refractivity contribution >= 4 is 11.0 Å². The predicted molar refractivity (Wildman–Crippen MR) is 79.6 cm³/mol. The number of imidazole rings is 1. The van der Waals surface area contributed by atoms with Crippen LogP contribution in [-0.2, 0) is 6.18 Å². The van der Waals surface area contributed by atoms with Gasteiger partial charge in [-0.1, -0.05) is 0 Å². The van der Waals surface area contributed by atoms with E-state index in [0.717, 1.165) is 6.07 Å². The number of aromatic amines is 1. The predicted octanol–water partition coefficient (Wildman–Crippen LogP) is 4.41. The first-order valence-electron chi connectivity index (χ1n) is 6.83. The van der Waals surface area contributed by atoms with Crippen molar-refractivity contribution in [2.75, 3.05) is 14.2 Å². The topological polar surface area (TPSA) is 47.1 Å². The van der Waals surface area contributed by atoms with Crippen molar-refractivity contribution in [3.63, 3.8) is 0 Å². The SMILES string of the molecule is COc1ccc(OC)c2[nH]c(-c3ccc(F)c(C(F)(F)F)c3)nc12. The van der Waals surface area contributed by atoms with Crippen molar-refractivity contribution in [2.24, 2.45) is 0 Å². The molecule has 0 spiro atoms. The molecule has 0 fully saturated rings. The van der Waals surface area contributed by atoms with Crippen LogP contribution < -0.4 is 9.47 Å². The third kappa shape index (κ3) is 2.64. The Labute approximate surface area is 134 Å². The number of hydrogen-bond donors (Lipinski definition) is 1. The standard InChI is InChI=1S/C16H12F4N2O2/c1-23-11-5-6-12(24-2)14-13(11)21-15(22-14)8-3-4-10(17)9(7-8)16(18,19)20/h3-7H,1-2H3,(H,21,22). The second kappa shape index (κ2) is 5.70. The Hall–Kier alpha value is -2.77. The molecule has 2 aromatic carbocycles. The number of alkyl halides is 3. The maximum atomic E-state index is 13.4. The summed E-state index contributed by atoms with van der Waals surface area (Å²) in [6.45, 7) is 0. The van der Waals surface area contributed by atoms with Crippen molar-refractivity contribution in [1.82, 2.24) is 9.97 Å². The lowest BCUT2D eigenvalue weighted by Gasteiger charge is -2.08. The van der Waals surface area contributed by atoms with E-state index < -0.39 is 17.6 Å². The zero-order valence-corrected chi connectivity index (χ0v) is 12.7. The summed E-state index contributed by atoms with van der Waals surface area (Å²) in [5.41, 5.74) is -0.363. The van der Waals surface area contributed by atoms with Gasteiger partial charge in [0.25, 0.3) is 0 Å². The van der Waals surface area contributed by atoms with Gasteiger partial charge in [-0.2, -0.15) is 13.2 Å². The molecule has 0 saturated carbocycles. The monoisotopic (exact) mass is 340 g/mol. The molecule has 8 heteroatoms. The van der Waals surface area contributed by atoms with Gasteiger partial charge in [-0.25, -0.2) is 9.37 Å². The summed E-state index contributed by atoms with van der Waals surface area (Å²) in [5.74, 6) is -0.287. The fraction of sp³-hybridized carbons (Fsp3) is 0.188. The van der Waals surface area contributed by atoms with E-state index in [2.05, 4.69) is 9.97 Å². The molecule has 3 rings (SSSR count). The minimum absolute atomic E-state index is 0.101. The third-order valence-corrected chi connectivity index (χ3v) is 3.55. The van der Waals surface area contributed by atoms with E-state index in [9.17, 15) is 17.6 Å². The molecule has 0 aliphatic rings. The quantitative estimate of drug-likeness (QED) is 0.719. The minimum Gasteiger partial charge on any atom is -0.494 e. The summed E-state index contributed by atoms with van der Waals surface area (Å²) in [5, 5.41) is 0. The third-order valence-electron chi connectivity index (χ3n) is 3.55. The number of hydrogen-bond acceptors (Lipinski definition) is 3. The second-order valence-corrected chi connectivity index (χ2v) is 4.97. The van der Waals surface area contributed by atoms with Gasteiger partial charge < -0.3 is 14.5 Å². The number of ether oxygens (including phenoxy) is 2. The molecule has 0 bridgehead atoms. The summed E-state index contributed by atoms with van der Waals surface area (Å²) in [4.78, 5) is 7.16. The van der Waals surface area contributed by atoms with Crippen LogP contribution in [0.5, 0.6) is 11.5 Å². The summed E-state index contributed by atoms with van der Waals surface area (Å²) in [7, 11) is 2.91. The Kier molecular flexibility index (Phi) is 3.82. The first kappa shape index (κ1) is 16.1. The van der Waals surface area contributed by atoms with E-state index in [1.165, 1.54) is 20.3 Å². The Morgan fingerprint density at radius 1 is 1.00 bits per heavy atom. The van der Waals surface area contributed by atoms with Crippen LogP contribution in [-0.4, -0.2) is 24.2 Å².